The number of aryl methyl sites for hydroxylation is 1. The molecule has 2 saturated heterocycles. The largest absolute Gasteiger partial charge is 0.480 e. The zero-order valence-corrected chi connectivity index (χ0v) is 23.4. The lowest BCUT2D eigenvalue weighted by atomic mass is 9.86. The molecule has 0 aliphatic carbocycles. The summed E-state index contributed by atoms with van der Waals surface area (Å²) in [4.78, 5) is 44.0. The summed E-state index contributed by atoms with van der Waals surface area (Å²) in [5, 5.41) is 4.59. The van der Waals surface area contributed by atoms with Gasteiger partial charge in [0.15, 0.2) is 0 Å². The zero-order chi connectivity index (χ0) is 28.3. The lowest BCUT2D eigenvalue weighted by molar-refractivity contribution is -0.139. The number of anilines is 2. The van der Waals surface area contributed by atoms with Gasteiger partial charge in [-0.2, -0.15) is 0 Å². The maximum absolute atomic E-state index is 13.0. The Labute approximate surface area is 238 Å². The van der Waals surface area contributed by atoms with Crippen LogP contribution in [-0.4, -0.2) is 64.2 Å². The second-order valence-electron chi connectivity index (χ2n) is 10.8. The molecular formula is C31H34N6O4. The Morgan fingerprint density at radius 3 is 2.61 bits per heavy atom. The van der Waals surface area contributed by atoms with Crippen LogP contribution in [-0.2, 0) is 9.53 Å². The highest BCUT2D eigenvalue weighted by Crippen LogP contribution is 2.34. The van der Waals surface area contributed by atoms with Crippen LogP contribution in [0.2, 0.25) is 0 Å². The summed E-state index contributed by atoms with van der Waals surface area (Å²) >= 11 is 0. The molecule has 0 atom stereocenters. The van der Waals surface area contributed by atoms with Crippen molar-refractivity contribution in [2.45, 2.75) is 38.5 Å². The number of hydrogen-bond acceptors (Lipinski definition) is 8. The van der Waals surface area contributed by atoms with E-state index < -0.39 is 0 Å². The summed E-state index contributed by atoms with van der Waals surface area (Å²) in [7, 11) is 1.54. The molecule has 1 amide bonds. The molecule has 0 saturated carbocycles. The van der Waals surface area contributed by atoms with Crippen molar-refractivity contribution in [3.63, 3.8) is 0 Å². The molecule has 0 bridgehead atoms. The Morgan fingerprint density at radius 2 is 1.85 bits per heavy atom. The molecule has 6 rings (SSSR count). The van der Waals surface area contributed by atoms with E-state index in [-0.39, 0.29) is 11.5 Å². The van der Waals surface area contributed by atoms with E-state index in [0.717, 1.165) is 55.4 Å². The molecule has 0 unspecified atom stereocenters. The van der Waals surface area contributed by atoms with Crippen LogP contribution in [0, 0.1) is 12.8 Å². The minimum absolute atomic E-state index is 0.110. The van der Waals surface area contributed by atoms with Crippen molar-refractivity contribution < 1.29 is 14.3 Å². The lowest BCUT2D eigenvalue weighted by Crippen LogP contribution is -2.42. The van der Waals surface area contributed by atoms with Gasteiger partial charge in [0, 0.05) is 44.1 Å². The first-order valence-electron chi connectivity index (χ1n) is 14.1. The van der Waals surface area contributed by atoms with E-state index in [9.17, 15) is 9.59 Å². The number of likely N-dealkylation sites (tertiary alicyclic amines) is 1. The van der Waals surface area contributed by atoms with E-state index in [1.54, 1.807) is 12.4 Å². The molecule has 41 heavy (non-hydrogen) atoms. The summed E-state index contributed by atoms with van der Waals surface area (Å²) in [6.07, 6.45) is 8.34. The molecule has 1 aromatic carbocycles. The number of benzene rings is 1. The van der Waals surface area contributed by atoms with Gasteiger partial charge < -0.3 is 24.7 Å². The number of nitrogens with zero attached hydrogens (tertiary/aromatic N) is 4. The topological polar surface area (TPSA) is 122 Å². The van der Waals surface area contributed by atoms with E-state index in [4.69, 9.17) is 14.5 Å². The van der Waals surface area contributed by atoms with E-state index in [0.29, 0.717) is 53.5 Å². The van der Waals surface area contributed by atoms with E-state index >= 15 is 0 Å². The highest BCUT2D eigenvalue weighted by molar-refractivity contribution is 5.95. The van der Waals surface area contributed by atoms with Gasteiger partial charge in [0.2, 0.25) is 11.8 Å². The molecular weight excluding hydrogens is 520 g/mol. The van der Waals surface area contributed by atoms with Crippen LogP contribution >= 0.6 is 0 Å². The van der Waals surface area contributed by atoms with Crippen LogP contribution in [0.15, 0.2) is 53.7 Å². The van der Waals surface area contributed by atoms with Gasteiger partial charge in [-0.25, -0.2) is 9.97 Å². The first-order chi connectivity index (χ1) is 20.0. The van der Waals surface area contributed by atoms with Gasteiger partial charge >= 0.3 is 0 Å². The molecule has 10 nitrogen and oxygen atoms in total. The fourth-order valence-corrected chi connectivity index (χ4v) is 5.97. The SMILES string of the molecule is COc1cncc(-c2cc3cc[nH]c(=O)c3c(Nc3ccc(C4CCN(C(=O)C5CCOCC5)CC4)c(C)c3)n2)n1. The maximum atomic E-state index is 13.0. The first kappa shape index (κ1) is 26.9. The molecule has 2 aliphatic heterocycles. The number of hydrogen-bond donors (Lipinski definition) is 2. The number of fused-ring (bicyclic) bond motifs is 1. The molecule has 3 aromatic heterocycles. The maximum Gasteiger partial charge on any atom is 0.259 e. The average Bonchev–Trinajstić information content (AvgIpc) is 3.01. The van der Waals surface area contributed by atoms with Crippen molar-refractivity contribution >= 4 is 28.2 Å². The van der Waals surface area contributed by atoms with Crippen molar-refractivity contribution in [3.8, 4) is 17.3 Å². The molecule has 212 valence electrons. The van der Waals surface area contributed by atoms with Crippen molar-refractivity contribution in [2.75, 3.05) is 38.7 Å². The summed E-state index contributed by atoms with van der Waals surface area (Å²) in [6, 6.07) is 9.95. The molecule has 4 aromatic rings. The predicted molar refractivity (Wildman–Crippen MR) is 157 cm³/mol. The van der Waals surface area contributed by atoms with Crippen molar-refractivity contribution in [1.82, 2.24) is 24.8 Å². The Kier molecular flexibility index (Phi) is 7.65. The van der Waals surface area contributed by atoms with Crippen LogP contribution in [0.5, 0.6) is 5.88 Å². The Hall–Kier alpha value is -4.31. The van der Waals surface area contributed by atoms with Gasteiger partial charge in [-0.15, -0.1) is 0 Å². The summed E-state index contributed by atoms with van der Waals surface area (Å²) < 4.78 is 10.7. The van der Waals surface area contributed by atoms with E-state index in [2.05, 4.69) is 39.3 Å². The highest BCUT2D eigenvalue weighted by Gasteiger charge is 2.30. The average molecular weight is 555 g/mol. The number of rotatable bonds is 6. The van der Waals surface area contributed by atoms with Gasteiger partial charge in [0.05, 0.1) is 30.6 Å². The van der Waals surface area contributed by atoms with Crippen molar-refractivity contribution in [3.05, 3.63) is 70.4 Å². The van der Waals surface area contributed by atoms with Gasteiger partial charge in [-0.05, 0) is 79.3 Å². The quantitative estimate of drug-likeness (QED) is 0.355. The standard InChI is InChI=1S/C31H34N6O4/c1-19-15-23(3-4-24(19)20-6-11-37(12-7-20)31(39)21-8-13-41-14-9-21)34-29-28-22(5-10-33-30(28)38)16-25(36-29)26-17-32-18-27(35-26)40-2/h3-5,10,15-18,20-21H,6-9,11-14H2,1-2H3,(H,33,38)(H,34,36). The summed E-state index contributed by atoms with van der Waals surface area (Å²) in [6.45, 7) is 5.07. The number of aromatic amines is 1. The fraction of sp³-hybridized carbons (Fsp3) is 0.387. The minimum Gasteiger partial charge on any atom is -0.480 e. The van der Waals surface area contributed by atoms with Crippen LogP contribution in [0.4, 0.5) is 11.5 Å². The Balaban J connectivity index is 1.22. The van der Waals surface area contributed by atoms with Gasteiger partial charge in [-0.1, -0.05) is 6.07 Å². The van der Waals surface area contributed by atoms with E-state index in [1.165, 1.54) is 18.9 Å². The number of nitrogens with one attached hydrogen (secondary N) is 2. The number of methoxy groups -OCH3 is 1. The number of amides is 1. The molecule has 5 heterocycles. The monoisotopic (exact) mass is 554 g/mol. The second kappa shape index (κ2) is 11.7. The molecule has 0 radical (unpaired) electrons. The molecule has 2 fully saturated rings. The molecule has 2 aliphatic rings. The zero-order valence-electron chi connectivity index (χ0n) is 23.4. The number of aromatic nitrogens is 4. The van der Waals surface area contributed by atoms with Crippen LogP contribution in [0.3, 0.4) is 0 Å². The summed E-state index contributed by atoms with van der Waals surface area (Å²) in [5.41, 5.74) is 4.19. The number of pyridine rings is 2. The summed E-state index contributed by atoms with van der Waals surface area (Å²) in [5.74, 6) is 1.63. The van der Waals surface area contributed by atoms with Gasteiger partial charge in [0.1, 0.15) is 11.5 Å². The van der Waals surface area contributed by atoms with Crippen molar-refractivity contribution in [1.29, 1.82) is 0 Å². The first-order valence-corrected chi connectivity index (χ1v) is 14.1. The highest BCUT2D eigenvalue weighted by atomic mass is 16.5. The second-order valence-corrected chi connectivity index (χ2v) is 10.8. The third-order valence-electron chi connectivity index (χ3n) is 8.19. The normalized spacial score (nSPS) is 16.6. The number of ether oxygens (including phenoxy) is 2. The van der Waals surface area contributed by atoms with Crippen LogP contribution in [0.25, 0.3) is 22.2 Å². The van der Waals surface area contributed by atoms with Gasteiger partial charge in [-0.3, -0.25) is 14.6 Å². The Morgan fingerprint density at radius 1 is 1.05 bits per heavy atom. The predicted octanol–water partition coefficient (Wildman–Crippen LogP) is 4.57. The van der Waals surface area contributed by atoms with Crippen LogP contribution in [0.1, 0.15) is 42.7 Å². The lowest BCUT2D eigenvalue weighted by Gasteiger charge is -2.35. The fourth-order valence-electron chi connectivity index (χ4n) is 5.97. The third-order valence-corrected chi connectivity index (χ3v) is 8.19. The van der Waals surface area contributed by atoms with Gasteiger partial charge in [0.25, 0.3) is 5.56 Å². The molecule has 10 heteroatoms. The molecule has 0 spiro atoms. The number of carbonyl (C=O) groups is 1. The van der Waals surface area contributed by atoms with Crippen molar-refractivity contribution in [2.24, 2.45) is 5.92 Å². The third kappa shape index (κ3) is 5.65. The Bertz CT molecular complexity index is 1620. The number of piperidine rings is 1. The molecule has 2 N–H and O–H groups in total. The van der Waals surface area contributed by atoms with E-state index in [1.807, 2.05) is 23.1 Å². The number of carbonyl (C=O) groups excluding carboxylic acids is 1. The smallest absolute Gasteiger partial charge is 0.259 e. The van der Waals surface area contributed by atoms with Crippen LogP contribution < -0.4 is 15.6 Å². The minimum atomic E-state index is -0.226. The number of H-pyrrole nitrogens is 1.